The lowest BCUT2D eigenvalue weighted by Crippen LogP contribution is -2.58. The molecule has 0 aromatic heterocycles. The number of rotatable bonds is 5. The van der Waals surface area contributed by atoms with E-state index in [-0.39, 0.29) is 31.5 Å². The van der Waals surface area contributed by atoms with Crippen LogP contribution in [0.1, 0.15) is 46.0 Å². The van der Waals surface area contributed by atoms with Gasteiger partial charge in [0.05, 0.1) is 12.7 Å². The highest BCUT2D eigenvalue weighted by molar-refractivity contribution is 7.86. The van der Waals surface area contributed by atoms with Crippen LogP contribution in [0.4, 0.5) is 0 Å². The Morgan fingerprint density at radius 2 is 1.93 bits per heavy atom. The van der Waals surface area contributed by atoms with Crippen molar-refractivity contribution in [3.05, 3.63) is 12.2 Å². The molecule has 0 spiro atoms. The van der Waals surface area contributed by atoms with Gasteiger partial charge in [0.2, 0.25) is 0 Å². The van der Waals surface area contributed by atoms with Crippen molar-refractivity contribution in [1.82, 2.24) is 0 Å². The van der Waals surface area contributed by atoms with Gasteiger partial charge in [0, 0.05) is 5.41 Å². The molecule has 1 aliphatic heterocycles. The fourth-order valence-corrected chi connectivity index (χ4v) is 7.34. The van der Waals surface area contributed by atoms with Crippen LogP contribution < -0.4 is 0 Å². The molecule has 1 saturated heterocycles. The molecular weight excluding hydrogens is 400 g/mol. The lowest BCUT2D eigenvalue weighted by molar-refractivity contribution is -0.153. The molecular formula is C20H32O8S. The highest BCUT2D eigenvalue weighted by Crippen LogP contribution is 2.62. The molecule has 9 heteroatoms. The van der Waals surface area contributed by atoms with Gasteiger partial charge in [-0.25, -0.2) is 0 Å². The van der Waals surface area contributed by atoms with Gasteiger partial charge in [-0.05, 0) is 49.4 Å². The third-order valence-corrected chi connectivity index (χ3v) is 9.28. The van der Waals surface area contributed by atoms with Crippen LogP contribution in [0, 0.1) is 28.6 Å². The minimum atomic E-state index is -4.65. The van der Waals surface area contributed by atoms with Crippen LogP contribution in [0.25, 0.3) is 0 Å². The Kier molecular flexibility index (Phi) is 5.95. The number of ether oxygens (including phenoxy) is 1. The zero-order valence-electron chi connectivity index (χ0n) is 17.0. The van der Waals surface area contributed by atoms with E-state index < -0.39 is 50.3 Å². The number of carbonyl (C=O) groups is 1. The highest BCUT2D eigenvalue weighted by Gasteiger charge is 2.59. The van der Waals surface area contributed by atoms with Crippen LogP contribution in [0.15, 0.2) is 12.2 Å². The second-order valence-corrected chi connectivity index (χ2v) is 11.2. The molecule has 3 aliphatic rings. The largest absolute Gasteiger partial charge is 0.463 e. The van der Waals surface area contributed by atoms with Gasteiger partial charge < -0.3 is 20.1 Å². The summed E-state index contributed by atoms with van der Waals surface area (Å²) in [6.45, 7) is 7.52. The topological polar surface area (TPSA) is 141 Å². The third-order valence-electron chi connectivity index (χ3n) is 8.03. The number of aliphatic hydroxyl groups excluding tert-OH is 3. The van der Waals surface area contributed by atoms with Gasteiger partial charge in [-0.2, -0.15) is 8.42 Å². The van der Waals surface area contributed by atoms with Gasteiger partial charge in [-0.3, -0.25) is 9.35 Å². The van der Waals surface area contributed by atoms with Crippen molar-refractivity contribution < 1.29 is 37.8 Å². The number of esters is 1. The van der Waals surface area contributed by atoms with Crippen molar-refractivity contribution in [2.45, 2.75) is 63.4 Å². The Morgan fingerprint density at radius 1 is 1.28 bits per heavy atom. The number of fused-ring (bicyclic) bond motifs is 1. The Bertz CT molecular complexity index is 779. The molecule has 1 heterocycles. The summed E-state index contributed by atoms with van der Waals surface area (Å²) in [5.74, 6) is -2.61. The van der Waals surface area contributed by atoms with Crippen LogP contribution >= 0.6 is 0 Å². The molecule has 0 bridgehead atoms. The molecule has 166 valence electrons. The predicted octanol–water partition coefficient (Wildman–Crippen LogP) is 0.909. The van der Waals surface area contributed by atoms with E-state index in [4.69, 9.17) is 4.74 Å². The summed E-state index contributed by atoms with van der Waals surface area (Å²) in [7, 11) is -4.65. The van der Waals surface area contributed by atoms with Gasteiger partial charge in [-0.1, -0.05) is 26.0 Å². The summed E-state index contributed by atoms with van der Waals surface area (Å²) in [4.78, 5) is 12.1. The fraction of sp³-hybridized carbons (Fsp3) is 0.850. The van der Waals surface area contributed by atoms with Gasteiger partial charge in [0.15, 0.2) is 0 Å². The molecule has 3 fully saturated rings. The molecule has 2 saturated carbocycles. The minimum absolute atomic E-state index is 0.0703. The molecule has 0 radical (unpaired) electrons. The standard InChI is InChI=1S/C20H32O8S/c1-11-4-5-15-19(2,7-6-16(23)20(15,3)10-21)12(11)8-14(29(25,26)27)17-13(22)9-28-18(17)24/h12-17,21-23H,1,4-10H2,2-3H3,(H,25,26,27)/t12-,13-,14?,15+,16-,17?,19+,20+/m1/s1. The molecule has 4 N–H and O–H groups in total. The first-order valence-electron chi connectivity index (χ1n) is 10.1. The SMILES string of the molecule is C=C1CC[C@@H]2[C@](C)(CO)[C@H](O)CC[C@@]2(C)[C@@H]1CC(C1C(=O)OC[C@H]1O)S(=O)(=O)O. The molecule has 0 aromatic carbocycles. The Morgan fingerprint density at radius 3 is 2.45 bits per heavy atom. The van der Waals surface area contributed by atoms with Crippen molar-refractivity contribution in [1.29, 1.82) is 0 Å². The monoisotopic (exact) mass is 432 g/mol. The zero-order chi connectivity index (χ0) is 21.8. The summed E-state index contributed by atoms with van der Waals surface area (Å²) in [5, 5.41) is 29.3. The second-order valence-electron chi connectivity index (χ2n) is 9.54. The maximum atomic E-state index is 12.2. The molecule has 3 rings (SSSR count). The molecule has 29 heavy (non-hydrogen) atoms. The molecule has 8 nitrogen and oxygen atoms in total. The minimum Gasteiger partial charge on any atom is -0.463 e. The Balaban J connectivity index is 1.99. The zero-order valence-corrected chi connectivity index (χ0v) is 17.8. The van der Waals surface area contributed by atoms with E-state index in [2.05, 4.69) is 6.58 Å². The van der Waals surface area contributed by atoms with Gasteiger partial charge >= 0.3 is 5.97 Å². The quantitative estimate of drug-likeness (QED) is 0.285. The maximum Gasteiger partial charge on any atom is 0.313 e. The van der Waals surface area contributed by atoms with Gasteiger partial charge in [-0.15, -0.1) is 0 Å². The number of allylic oxidation sites excluding steroid dienone is 1. The first-order chi connectivity index (χ1) is 13.4. The Labute approximate surface area is 171 Å². The summed E-state index contributed by atoms with van der Waals surface area (Å²) in [6, 6.07) is 0. The van der Waals surface area contributed by atoms with E-state index in [1.807, 2.05) is 13.8 Å². The molecule has 2 unspecified atom stereocenters. The number of cyclic esters (lactones) is 1. The van der Waals surface area contributed by atoms with E-state index >= 15 is 0 Å². The molecule has 2 aliphatic carbocycles. The maximum absolute atomic E-state index is 12.2. The summed E-state index contributed by atoms with van der Waals surface area (Å²) in [6.07, 6.45) is 0.339. The normalized spacial score (nSPS) is 44.3. The first-order valence-corrected chi connectivity index (χ1v) is 11.6. The summed E-state index contributed by atoms with van der Waals surface area (Å²) < 4.78 is 39.2. The fourth-order valence-electron chi connectivity index (χ4n) is 6.25. The number of hydrogen-bond donors (Lipinski definition) is 4. The molecule has 8 atom stereocenters. The van der Waals surface area contributed by atoms with Crippen molar-refractivity contribution in [2.75, 3.05) is 13.2 Å². The van der Waals surface area contributed by atoms with E-state index in [1.54, 1.807) is 0 Å². The van der Waals surface area contributed by atoms with Crippen LogP contribution in [0.2, 0.25) is 0 Å². The van der Waals surface area contributed by atoms with E-state index in [0.717, 1.165) is 5.57 Å². The average molecular weight is 433 g/mol. The lowest BCUT2D eigenvalue weighted by atomic mass is 9.46. The van der Waals surface area contributed by atoms with Crippen LogP contribution in [-0.2, 0) is 19.6 Å². The number of aliphatic hydroxyl groups is 3. The van der Waals surface area contributed by atoms with Crippen molar-refractivity contribution in [3.8, 4) is 0 Å². The summed E-state index contributed by atoms with van der Waals surface area (Å²) >= 11 is 0. The highest BCUT2D eigenvalue weighted by atomic mass is 32.2. The van der Waals surface area contributed by atoms with E-state index in [9.17, 15) is 33.1 Å². The van der Waals surface area contributed by atoms with Crippen molar-refractivity contribution >= 4 is 16.1 Å². The van der Waals surface area contributed by atoms with E-state index in [1.165, 1.54) is 0 Å². The van der Waals surface area contributed by atoms with Crippen LogP contribution in [0.5, 0.6) is 0 Å². The third kappa shape index (κ3) is 3.65. The Hall–Kier alpha value is -1.00. The van der Waals surface area contributed by atoms with E-state index in [0.29, 0.717) is 25.7 Å². The van der Waals surface area contributed by atoms with Crippen molar-refractivity contribution in [2.24, 2.45) is 28.6 Å². The van der Waals surface area contributed by atoms with Crippen LogP contribution in [-0.4, -0.2) is 64.9 Å². The molecule has 0 amide bonds. The number of hydrogen-bond acceptors (Lipinski definition) is 7. The smallest absolute Gasteiger partial charge is 0.313 e. The van der Waals surface area contributed by atoms with Crippen LogP contribution in [0.3, 0.4) is 0 Å². The van der Waals surface area contributed by atoms with Gasteiger partial charge in [0.1, 0.15) is 23.9 Å². The average Bonchev–Trinajstić information content (AvgIpc) is 2.95. The predicted molar refractivity (Wildman–Crippen MR) is 104 cm³/mol. The first kappa shape index (κ1) is 22.7. The lowest BCUT2D eigenvalue weighted by Gasteiger charge is -2.60. The van der Waals surface area contributed by atoms with Gasteiger partial charge in [0.25, 0.3) is 10.1 Å². The number of carbonyl (C=O) groups excluding carboxylic acids is 1. The summed E-state index contributed by atoms with van der Waals surface area (Å²) in [5.41, 5.74) is -0.372. The van der Waals surface area contributed by atoms with Crippen molar-refractivity contribution in [3.63, 3.8) is 0 Å². The molecule has 0 aromatic rings. The second kappa shape index (κ2) is 7.60.